The van der Waals surface area contributed by atoms with Gasteiger partial charge in [-0.15, -0.1) is 0 Å². The molecule has 19 heavy (non-hydrogen) atoms. The summed E-state index contributed by atoms with van der Waals surface area (Å²) in [6, 6.07) is -0.157. The van der Waals surface area contributed by atoms with Crippen LogP contribution in [0, 0.1) is 5.92 Å². The van der Waals surface area contributed by atoms with Gasteiger partial charge in [-0.2, -0.15) is 0 Å². The van der Waals surface area contributed by atoms with E-state index in [0.29, 0.717) is 0 Å². The predicted octanol–water partition coefficient (Wildman–Crippen LogP) is -0.229. The molecule has 0 aromatic rings. The van der Waals surface area contributed by atoms with Gasteiger partial charge >= 0.3 is 0 Å². The molecule has 0 saturated carbocycles. The molecule has 1 rings (SSSR count). The van der Waals surface area contributed by atoms with Gasteiger partial charge in [0, 0.05) is 20.1 Å². The lowest BCUT2D eigenvalue weighted by Crippen LogP contribution is -2.49. The average Bonchev–Trinajstić information content (AvgIpc) is 2.37. The summed E-state index contributed by atoms with van der Waals surface area (Å²) in [5.41, 5.74) is 0. The number of hydrogen-bond acceptors (Lipinski definition) is 4. The molecule has 0 spiro atoms. The van der Waals surface area contributed by atoms with Gasteiger partial charge in [-0.25, -0.2) is 13.1 Å². The first-order valence-electron chi connectivity index (χ1n) is 6.68. The van der Waals surface area contributed by atoms with Crippen molar-refractivity contribution in [2.24, 2.45) is 5.92 Å². The summed E-state index contributed by atoms with van der Waals surface area (Å²) >= 11 is 0. The van der Waals surface area contributed by atoms with Gasteiger partial charge in [0.15, 0.2) is 5.25 Å². The second-order valence-corrected chi connectivity index (χ2v) is 7.47. The number of carbonyl (C=O) groups excluding carboxylic acids is 1. The Hall–Kier alpha value is -0.660. The van der Waals surface area contributed by atoms with E-state index >= 15 is 0 Å². The molecule has 7 heteroatoms. The van der Waals surface area contributed by atoms with Gasteiger partial charge in [0.2, 0.25) is 15.9 Å². The van der Waals surface area contributed by atoms with Crippen molar-refractivity contribution < 1.29 is 13.2 Å². The molecule has 2 N–H and O–H groups in total. The molecule has 1 heterocycles. The molecular weight excluding hydrogens is 266 g/mol. The monoisotopic (exact) mass is 291 g/mol. The smallest absolute Gasteiger partial charge is 0.241 e. The van der Waals surface area contributed by atoms with E-state index in [0.717, 1.165) is 25.9 Å². The highest BCUT2D eigenvalue weighted by molar-refractivity contribution is 7.90. The predicted molar refractivity (Wildman–Crippen MR) is 75.3 cm³/mol. The zero-order chi connectivity index (χ0) is 14.6. The van der Waals surface area contributed by atoms with Crippen LogP contribution in [0.4, 0.5) is 0 Å². The van der Waals surface area contributed by atoms with Crippen molar-refractivity contribution in [3.05, 3.63) is 0 Å². The molecule has 3 atom stereocenters. The maximum absolute atomic E-state index is 12.2. The van der Waals surface area contributed by atoms with E-state index in [9.17, 15) is 13.2 Å². The SMILES string of the molecule is CC(NS(=O)(=O)C(C)C(=O)N(C)C)C1CCCNC1. The molecule has 0 bridgehead atoms. The molecule has 6 nitrogen and oxygen atoms in total. The summed E-state index contributed by atoms with van der Waals surface area (Å²) in [7, 11) is -0.505. The number of rotatable bonds is 5. The molecule has 0 aromatic carbocycles. The zero-order valence-corrected chi connectivity index (χ0v) is 13.0. The molecule has 0 aliphatic carbocycles. The van der Waals surface area contributed by atoms with E-state index in [2.05, 4.69) is 10.0 Å². The molecule has 0 radical (unpaired) electrons. The highest BCUT2D eigenvalue weighted by atomic mass is 32.2. The van der Waals surface area contributed by atoms with Crippen molar-refractivity contribution in [2.45, 2.75) is 38.0 Å². The molecular formula is C12H25N3O3S. The van der Waals surface area contributed by atoms with Crippen LogP contribution in [0.25, 0.3) is 0 Å². The van der Waals surface area contributed by atoms with E-state index in [1.54, 1.807) is 14.1 Å². The standard InChI is InChI=1S/C12H25N3O3S/c1-9(11-6-5-7-13-8-11)14-19(17,18)10(2)12(16)15(3)4/h9-11,13-14H,5-8H2,1-4H3. The number of nitrogens with zero attached hydrogens (tertiary/aromatic N) is 1. The molecule has 0 aromatic heterocycles. The Morgan fingerprint density at radius 3 is 2.47 bits per heavy atom. The fourth-order valence-corrected chi connectivity index (χ4v) is 3.65. The van der Waals surface area contributed by atoms with Crippen LogP contribution in [0.15, 0.2) is 0 Å². The van der Waals surface area contributed by atoms with Crippen molar-refractivity contribution in [3.63, 3.8) is 0 Å². The van der Waals surface area contributed by atoms with Crippen LogP contribution in [-0.2, 0) is 14.8 Å². The van der Waals surface area contributed by atoms with E-state index in [-0.39, 0.29) is 12.0 Å². The summed E-state index contributed by atoms with van der Waals surface area (Å²) in [5, 5.41) is 2.21. The highest BCUT2D eigenvalue weighted by Gasteiger charge is 2.32. The van der Waals surface area contributed by atoms with Crippen LogP contribution in [0.1, 0.15) is 26.7 Å². The van der Waals surface area contributed by atoms with Gasteiger partial charge in [-0.1, -0.05) is 0 Å². The fourth-order valence-electron chi connectivity index (χ4n) is 2.26. The topological polar surface area (TPSA) is 78.5 Å². The molecule has 1 amide bonds. The first-order valence-corrected chi connectivity index (χ1v) is 8.23. The third-order valence-corrected chi connectivity index (χ3v) is 5.48. The van der Waals surface area contributed by atoms with Crippen LogP contribution in [0.3, 0.4) is 0 Å². The Labute approximate surface area is 116 Å². The second kappa shape index (κ2) is 6.67. The maximum Gasteiger partial charge on any atom is 0.241 e. The molecule has 1 fully saturated rings. The summed E-state index contributed by atoms with van der Waals surface area (Å²) in [5.74, 6) is -0.119. The Morgan fingerprint density at radius 2 is 2.00 bits per heavy atom. The van der Waals surface area contributed by atoms with Crippen LogP contribution in [0.5, 0.6) is 0 Å². The lowest BCUT2D eigenvalue weighted by atomic mass is 9.94. The third kappa shape index (κ3) is 4.43. The molecule has 1 saturated heterocycles. The quantitative estimate of drug-likeness (QED) is 0.733. The average molecular weight is 291 g/mol. The van der Waals surface area contributed by atoms with Crippen LogP contribution >= 0.6 is 0 Å². The number of carbonyl (C=O) groups is 1. The molecule has 3 unspecified atom stereocenters. The second-order valence-electron chi connectivity index (χ2n) is 5.43. The Kier molecular flexibility index (Phi) is 5.76. The Bertz CT molecular complexity index is 402. The van der Waals surface area contributed by atoms with Gasteiger partial charge in [-0.3, -0.25) is 4.79 Å². The number of piperidine rings is 1. The lowest BCUT2D eigenvalue weighted by molar-refractivity contribution is -0.127. The van der Waals surface area contributed by atoms with Gasteiger partial charge in [-0.05, 0) is 45.7 Å². The number of hydrogen-bond donors (Lipinski definition) is 2. The van der Waals surface area contributed by atoms with Gasteiger partial charge in [0.05, 0.1) is 0 Å². The lowest BCUT2D eigenvalue weighted by Gasteiger charge is -2.29. The van der Waals surface area contributed by atoms with Crippen molar-refractivity contribution >= 4 is 15.9 Å². The van der Waals surface area contributed by atoms with Crippen molar-refractivity contribution in [2.75, 3.05) is 27.2 Å². The van der Waals surface area contributed by atoms with Gasteiger partial charge in [0.1, 0.15) is 0 Å². The Morgan fingerprint density at radius 1 is 1.37 bits per heavy atom. The fraction of sp³-hybridized carbons (Fsp3) is 0.917. The first kappa shape index (κ1) is 16.4. The third-order valence-electron chi connectivity index (χ3n) is 3.65. The molecule has 1 aliphatic rings. The summed E-state index contributed by atoms with van der Waals surface area (Å²) in [4.78, 5) is 13.0. The highest BCUT2D eigenvalue weighted by Crippen LogP contribution is 2.16. The van der Waals surface area contributed by atoms with Crippen LogP contribution < -0.4 is 10.0 Å². The molecule has 112 valence electrons. The van der Waals surface area contributed by atoms with Crippen molar-refractivity contribution in [3.8, 4) is 0 Å². The number of amides is 1. The number of sulfonamides is 1. The van der Waals surface area contributed by atoms with Gasteiger partial charge in [0.25, 0.3) is 0 Å². The molecule has 1 aliphatic heterocycles. The zero-order valence-electron chi connectivity index (χ0n) is 12.1. The largest absolute Gasteiger partial charge is 0.348 e. The minimum Gasteiger partial charge on any atom is -0.348 e. The minimum absolute atomic E-state index is 0.157. The van der Waals surface area contributed by atoms with Crippen LogP contribution in [-0.4, -0.2) is 57.7 Å². The van der Waals surface area contributed by atoms with Crippen molar-refractivity contribution in [1.29, 1.82) is 0 Å². The van der Waals surface area contributed by atoms with Crippen molar-refractivity contribution in [1.82, 2.24) is 14.9 Å². The van der Waals surface area contributed by atoms with E-state index in [1.165, 1.54) is 11.8 Å². The normalized spacial score (nSPS) is 23.7. The number of nitrogens with one attached hydrogen (secondary N) is 2. The van der Waals surface area contributed by atoms with E-state index in [1.807, 2.05) is 6.92 Å². The summed E-state index contributed by atoms with van der Waals surface area (Å²) < 4.78 is 26.9. The summed E-state index contributed by atoms with van der Waals surface area (Å²) in [6.07, 6.45) is 2.07. The summed E-state index contributed by atoms with van der Waals surface area (Å²) in [6.45, 7) is 5.10. The Balaban J connectivity index is 2.65. The van der Waals surface area contributed by atoms with Gasteiger partial charge < -0.3 is 10.2 Å². The van der Waals surface area contributed by atoms with E-state index < -0.39 is 21.2 Å². The first-order chi connectivity index (χ1) is 8.75. The van der Waals surface area contributed by atoms with E-state index in [4.69, 9.17) is 0 Å². The maximum atomic E-state index is 12.2. The minimum atomic E-state index is -3.62. The van der Waals surface area contributed by atoms with Crippen LogP contribution in [0.2, 0.25) is 0 Å².